The molecule has 1 N–H and O–H groups in total. The Hall–Kier alpha value is -1.64. The zero-order valence-electron chi connectivity index (χ0n) is 13.1. The Kier molecular flexibility index (Phi) is 6.59. The highest BCUT2D eigenvalue weighted by Gasteiger charge is 2.06. The summed E-state index contributed by atoms with van der Waals surface area (Å²) in [5, 5.41) is 0. The van der Waals surface area contributed by atoms with Gasteiger partial charge in [0.1, 0.15) is 0 Å². The standard InChI is InChI=1S/C11H10IN.C7H8O3S/c12-10-4-6-11(7-5-10)13-8-2-1-3-9-13;1-6-2-4-7(5-3-6)11(8,9)10/h1-8H,9H2;2-5H,1H3,(H,8,9,10). The van der Waals surface area contributed by atoms with Crippen LogP contribution in [0.15, 0.2) is 77.9 Å². The van der Waals surface area contributed by atoms with E-state index in [0.29, 0.717) is 0 Å². The van der Waals surface area contributed by atoms with E-state index in [9.17, 15) is 8.42 Å². The SMILES string of the molecule is Cc1ccc(S(=O)(=O)O)cc1.Ic1ccc(N2C=CC=CC2)cc1. The molecule has 0 atom stereocenters. The van der Waals surface area contributed by atoms with E-state index in [1.807, 2.05) is 6.92 Å². The highest BCUT2D eigenvalue weighted by Crippen LogP contribution is 2.17. The third-order valence-corrected chi connectivity index (χ3v) is 4.88. The van der Waals surface area contributed by atoms with Crippen LogP contribution in [0.4, 0.5) is 5.69 Å². The first-order valence-electron chi connectivity index (χ1n) is 7.26. The van der Waals surface area contributed by atoms with Crippen LogP contribution >= 0.6 is 22.6 Å². The minimum absolute atomic E-state index is 0.0666. The molecule has 126 valence electrons. The van der Waals surface area contributed by atoms with Crippen LogP contribution in [0.5, 0.6) is 0 Å². The molecule has 3 rings (SSSR count). The Morgan fingerprint density at radius 1 is 1.00 bits per heavy atom. The van der Waals surface area contributed by atoms with Gasteiger partial charge in [0.05, 0.1) is 4.90 Å². The number of anilines is 1. The van der Waals surface area contributed by atoms with E-state index in [4.69, 9.17) is 4.55 Å². The first-order valence-corrected chi connectivity index (χ1v) is 9.78. The van der Waals surface area contributed by atoms with Crippen LogP contribution in [-0.4, -0.2) is 19.5 Å². The zero-order valence-corrected chi connectivity index (χ0v) is 16.1. The summed E-state index contributed by atoms with van der Waals surface area (Å²) in [4.78, 5) is 2.15. The average Bonchev–Trinajstić information content (AvgIpc) is 2.56. The summed E-state index contributed by atoms with van der Waals surface area (Å²) in [5.74, 6) is 0. The van der Waals surface area contributed by atoms with E-state index in [0.717, 1.165) is 12.1 Å². The van der Waals surface area contributed by atoms with Gasteiger partial charge in [-0.15, -0.1) is 0 Å². The molecule has 1 heterocycles. The third kappa shape index (κ3) is 5.77. The summed E-state index contributed by atoms with van der Waals surface area (Å²) in [6.45, 7) is 2.81. The van der Waals surface area contributed by atoms with E-state index >= 15 is 0 Å². The molecule has 0 unspecified atom stereocenters. The quantitative estimate of drug-likeness (QED) is 0.538. The monoisotopic (exact) mass is 455 g/mol. The minimum atomic E-state index is -4.02. The van der Waals surface area contributed by atoms with Crippen LogP contribution < -0.4 is 4.90 Å². The van der Waals surface area contributed by atoms with Crippen molar-refractivity contribution in [2.45, 2.75) is 11.8 Å². The number of hydrogen-bond acceptors (Lipinski definition) is 3. The fourth-order valence-corrected chi connectivity index (χ4v) is 2.84. The number of nitrogens with zero attached hydrogens (tertiary/aromatic N) is 1. The molecule has 2 aromatic carbocycles. The van der Waals surface area contributed by atoms with Gasteiger partial charge < -0.3 is 4.90 Å². The van der Waals surface area contributed by atoms with E-state index in [1.54, 1.807) is 12.1 Å². The Bertz CT molecular complexity index is 826. The van der Waals surface area contributed by atoms with Crippen molar-refractivity contribution in [1.29, 1.82) is 0 Å². The molecule has 1 aliphatic rings. The lowest BCUT2D eigenvalue weighted by molar-refractivity contribution is 0.483. The maximum atomic E-state index is 10.5. The Labute approximate surface area is 156 Å². The number of allylic oxidation sites excluding steroid dienone is 2. The molecule has 0 bridgehead atoms. The molecule has 0 saturated heterocycles. The lowest BCUT2D eigenvalue weighted by atomic mass is 10.2. The van der Waals surface area contributed by atoms with Crippen molar-refractivity contribution in [3.63, 3.8) is 0 Å². The van der Waals surface area contributed by atoms with E-state index in [-0.39, 0.29) is 4.90 Å². The molecule has 24 heavy (non-hydrogen) atoms. The summed E-state index contributed by atoms with van der Waals surface area (Å²) < 4.78 is 30.8. The molecule has 0 fully saturated rings. The molecular weight excluding hydrogens is 437 g/mol. The molecular formula is C18H18INO3S. The van der Waals surface area contributed by atoms with Crippen LogP contribution in [0.3, 0.4) is 0 Å². The van der Waals surface area contributed by atoms with Crippen molar-refractivity contribution in [1.82, 2.24) is 0 Å². The maximum Gasteiger partial charge on any atom is 0.294 e. The van der Waals surface area contributed by atoms with E-state index in [1.165, 1.54) is 21.4 Å². The van der Waals surface area contributed by atoms with Gasteiger partial charge in [-0.3, -0.25) is 4.55 Å². The highest BCUT2D eigenvalue weighted by atomic mass is 127. The van der Waals surface area contributed by atoms with Crippen LogP contribution in [0.2, 0.25) is 0 Å². The van der Waals surface area contributed by atoms with Crippen LogP contribution in [0.25, 0.3) is 0 Å². The van der Waals surface area contributed by atoms with Crippen LogP contribution in [0, 0.1) is 10.5 Å². The van der Waals surface area contributed by atoms with Gasteiger partial charge in [-0.05, 0) is 72.0 Å². The van der Waals surface area contributed by atoms with E-state index < -0.39 is 10.1 Å². The first-order chi connectivity index (χ1) is 11.4. The Morgan fingerprint density at radius 3 is 2.12 bits per heavy atom. The van der Waals surface area contributed by atoms with Crippen molar-refractivity contribution in [3.05, 3.63) is 82.1 Å². The minimum Gasteiger partial charge on any atom is -0.344 e. The lowest BCUT2D eigenvalue weighted by Gasteiger charge is -2.20. The summed E-state index contributed by atoms with van der Waals surface area (Å²) in [7, 11) is -4.02. The van der Waals surface area contributed by atoms with Crippen molar-refractivity contribution >= 4 is 38.4 Å². The molecule has 0 saturated carbocycles. The molecule has 2 aromatic rings. The Morgan fingerprint density at radius 2 is 1.62 bits per heavy atom. The average molecular weight is 455 g/mol. The highest BCUT2D eigenvalue weighted by molar-refractivity contribution is 14.1. The molecule has 0 spiro atoms. The van der Waals surface area contributed by atoms with Gasteiger partial charge in [-0.25, -0.2) is 0 Å². The summed E-state index contributed by atoms with van der Waals surface area (Å²) in [6, 6.07) is 14.5. The van der Waals surface area contributed by atoms with Gasteiger partial charge in [0.25, 0.3) is 10.1 Å². The number of rotatable bonds is 2. The fraction of sp³-hybridized carbons (Fsp3) is 0.111. The summed E-state index contributed by atoms with van der Waals surface area (Å²) >= 11 is 2.32. The zero-order chi connectivity index (χ0) is 17.6. The number of benzene rings is 2. The predicted octanol–water partition coefficient (Wildman–Crippen LogP) is 4.42. The summed E-state index contributed by atoms with van der Waals surface area (Å²) in [5.41, 5.74) is 2.21. The van der Waals surface area contributed by atoms with Crippen molar-refractivity contribution < 1.29 is 13.0 Å². The molecule has 6 heteroatoms. The fourth-order valence-electron chi connectivity index (χ4n) is 2.00. The topological polar surface area (TPSA) is 57.6 Å². The van der Waals surface area contributed by atoms with Gasteiger partial charge in [-0.1, -0.05) is 29.8 Å². The predicted molar refractivity (Wildman–Crippen MR) is 106 cm³/mol. The smallest absolute Gasteiger partial charge is 0.294 e. The van der Waals surface area contributed by atoms with Gasteiger partial charge in [0.2, 0.25) is 0 Å². The molecule has 4 nitrogen and oxygen atoms in total. The normalized spacial score (nSPS) is 13.4. The third-order valence-electron chi connectivity index (χ3n) is 3.29. The van der Waals surface area contributed by atoms with Crippen molar-refractivity contribution in [2.24, 2.45) is 0 Å². The first kappa shape index (κ1) is 18.7. The molecule has 0 aromatic heterocycles. The van der Waals surface area contributed by atoms with Gasteiger partial charge >= 0.3 is 0 Å². The molecule has 1 aliphatic heterocycles. The number of halogens is 1. The van der Waals surface area contributed by atoms with Crippen LogP contribution in [-0.2, 0) is 10.1 Å². The Balaban J connectivity index is 0.000000177. The molecule has 0 amide bonds. The van der Waals surface area contributed by atoms with Gasteiger partial charge in [0, 0.05) is 22.0 Å². The number of aryl methyl sites for hydroxylation is 1. The molecule has 0 radical (unpaired) electrons. The number of hydrogen-bond donors (Lipinski definition) is 1. The van der Waals surface area contributed by atoms with Gasteiger partial charge in [-0.2, -0.15) is 8.42 Å². The second-order valence-electron chi connectivity index (χ2n) is 5.19. The summed E-state index contributed by atoms with van der Waals surface area (Å²) in [6.07, 6.45) is 8.38. The van der Waals surface area contributed by atoms with Crippen molar-refractivity contribution in [2.75, 3.05) is 11.4 Å². The second-order valence-corrected chi connectivity index (χ2v) is 7.85. The molecule has 0 aliphatic carbocycles. The second kappa shape index (κ2) is 8.46. The lowest BCUT2D eigenvalue weighted by Crippen LogP contribution is -2.17. The van der Waals surface area contributed by atoms with Crippen LogP contribution in [0.1, 0.15) is 5.56 Å². The van der Waals surface area contributed by atoms with E-state index in [2.05, 4.69) is 76.2 Å². The van der Waals surface area contributed by atoms with Crippen molar-refractivity contribution in [3.8, 4) is 0 Å². The largest absolute Gasteiger partial charge is 0.344 e. The van der Waals surface area contributed by atoms with Gasteiger partial charge in [0.15, 0.2) is 0 Å². The maximum absolute atomic E-state index is 10.5.